The Bertz CT molecular complexity index is 569. The maximum absolute atomic E-state index is 11.1. The quantitative estimate of drug-likeness (QED) is 0.871. The monoisotopic (exact) mass is 250 g/mol. The van der Waals surface area contributed by atoms with Crippen molar-refractivity contribution < 1.29 is 4.42 Å². The van der Waals surface area contributed by atoms with Crippen LogP contribution < -0.4 is 10.3 Å². The van der Waals surface area contributed by atoms with Crippen molar-refractivity contribution >= 4 is 21.6 Å². The predicted molar refractivity (Wildman–Crippen MR) is 68.5 cm³/mol. The summed E-state index contributed by atoms with van der Waals surface area (Å²) in [6.45, 7) is 5.23. The lowest BCUT2D eigenvalue weighted by Gasteiger charge is -2.27. The van der Waals surface area contributed by atoms with Crippen molar-refractivity contribution in [2.24, 2.45) is 0 Å². The molecule has 1 N–H and O–H groups in total. The molecule has 0 spiro atoms. The second-order valence-corrected chi connectivity index (χ2v) is 5.24. The average Bonchev–Trinajstić information content (AvgIpc) is 2.70. The highest BCUT2D eigenvalue weighted by atomic mass is 32.1. The molecule has 0 amide bonds. The Morgan fingerprint density at radius 1 is 1.35 bits per heavy atom. The Hall–Kier alpha value is -1.17. The van der Waals surface area contributed by atoms with E-state index in [0.29, 0.717) is 5.58 Å². The molecule has 0 radical (unpaired) electrons. The van der Waals surface area contributed by atoms with Gasteiger partial charge in [0, 0.05) is 32.7 Å². The third-order valence-corrected chi connectivity index (χ3v) is 3.80. The molecule has 0 atom stereocenters. The number of fused-ring (bicyclic) bond motifs is 1. The second-order valence-electron chi connectivity index (χ2n) is 4.26. The van der Waals surface area contributed by atoms with E-state index < -0.39 is 0 Å². The molecular formula is C12H14N2O2S. The minimum Gasteiger partial charge on any atom is -0.414 e. The van der Waals surface area contributed by atoms with Gasteiger partial charge in [-0.2, -0.15) is 0 Å². The van der Waals surface area contributed by atoms with Crippen LogP contribution in [0, 0.1) is 0 Å². The van der Waals surface area contributed by atoms with Gasteiger partial charge in [0.2, 0.25) is 0 Å². The van der Waals surface area contributed by atoms with E-state index in [1.165, 1.54) is 16.9 Å². The Kier molecular flexibility index (Phi) is 2.96. The molecule has 1 saturated heterocycles. The normalized spacial score (nSPS) is 17.6. The van der Waals surface area contributed by atoms with Gasteiger partial charge in [-0.1, -0.05) is 17.4 Å². The Labute approximate surface area is 103 Å². The summed E-state index contributed by atoms with van der Waals surface area (Å²) in [5.74, 6) is 0. The standard InChI is InChI=1S/C12H14N2O2S/c15-12-16-10-2-1-9(7-11(10)17-12)8-14-5-3-13-4-6-14/h1-2,7,13H,3-6,8H2. The lowest BCUT2D eigenvalue weighted by molar-refractivity contribution is 0.233. The lowest BCUT2D eigenvalue weighted by Crippen LogP contribution is -2.42. The highest BCUT2D eigenvalue weighted by Gasteiger charge is 2.10. The summed E-state index contributed by atoms with van der Waals surface area (Å²) in [4.78, 5) is 13.3. The highest BCUT2D eigenvalue weighted by Crippen LogP contribution is 2.19. The van der Waals surface area contributed by atoms with Gasteiger partial charge >= 0.3 is 4.94 Å². The van der Waals surface area contributed by atoms with E-state index in [1.54, 1.807) is 0 Å². The molecule has 1 aliphatic heterocycles. The minimum absolute atomic E-state index is 0.223. The van der Waals surface area contributed by atoms with Crippen LogP contribution in [-0.2, 0) is 6.54 Å². The van der Waals surface area contributed by atoms with E-state index in [1.807, 2.05) is 12.1 Å². The van der Waals surface area contributed by atoms with Crippen LogP contribution >= 0.6 is 11.3 Å². The molecule has 1 fully saturated rings. The van der Waals surface area contributed by atoms with Crippen molar-refractivity contribution in [3.63, 3.8) is 0 Å². The maximum Gasteiger partial charge on any atom is 0.396 e. The fourth-order valence-electron chi connectivity index (χ4n) is 2.14. The van der Waals surface area contributed by atoms with Crippen LogP contribution in [0.25, 0.3) is 10.3 Å². The number of benzene rings is 1. The molecule has 2 aromatic rings. The van der Waals surface area contributed by atoms with Crippen LogP contribution in [-0.4, -0.2) is 31.1 Å². The molecule has 0 aliphatic carbocycles. The molecule has 0 saturated carbocycles. The van der Waals surface area contributed by atoms with E-state index >= 15 is 0 Å². The molecular weight excluding hydrogens is 236 g/mol. The highest BCUT2D eigenvalue weighted by molar-refractivity contribution is 7.16. The van der Waals surface area contributed by atoms with E-state index in [-0.39, 0.29) is 4.94 Å². The van der Waals surface area contributed by atoms with Gasteiger partial charge in [-0.25, -0.2) is 4.79 Å². The molecule has 1 aromatic carbocycles. The van der Waals surface area contributed by atoms with Crippen LogP contribution in [0.5, 0.6) is 0 Å². The van der Waals surface area contributed by atoms with Gasteiger partial charge < -0.3 is 9.73 Å². The zero-order chi connectivity index (χ0) is 11.7. The zero-order valence-electron chi connectivity index (χ0n) is 9.44. The third-order valence-electron chi connectivity index (χ3n) is 3.01. The summed E-state index contributed by atoms with van der Waals surface area (Å²) >= 11 is 1.18. The summed E-state index contributed by atoms with van der Waals surface area (Å²) in [5, 5.41) is 3.34. The largest absolute Gasteiger partial charge is 0.414 e. The lowest BCUT2D eigenvalue weighted by atomic mass is 10.2. The van der Waals surface area contributed by atoms with Gasteiger partial charge in [-0.05, 0) is 17.7 Å². The Morgan fingerprint density at radius 3 is 3.00 bits per heavy atom. The number of nitrogens with one attached hydrogen (secondary N) is 1. The van der Waals surface area contributed by atoms with E-state index in [4.69, 9.17) is 4.42 Å². The first-order chi connectivity index (χ1) is 8.31. The topological polar surface area (TPSA) is 45.5 Å². The van der Waals surface area contributed by atoms with Crippen molar-refractivity contribution in [2.75, 3.05) is 26.2 Å². The van der Waals surface area contributed by atoms with Crippen LogP contribution in [0.15, 0.2) is 27.4 Å². The smallest absolute Gasteiger partial charge is 0.396 e. The zero-order valence-corrected chi connectivity index (χ0v) is 10.3. The molecule has 90 valence electrons. The van der Waals surface area contributed by atoms with Crippen LogP contribution in [0.2, 0.25) is 0 Å². The summed E-state index contributed by atoms with van der Waals surface area (Å²) in [5.41, 5.74) is 1.94. The summed E-state index contributed by atoms with van der Waals surface area (Å²) < 4.78 is 6.00. The van der Waals surface area contributed by atoms with Crippen molar-refractivity contribution in [3.05, 3.63) is 33.5 Å². The first-order valence-corrected chi connectivity index (χ1v) is 6.58. The number of hydrogen-bond acceptors (Lipinski definition) is 5. The Balaban J connectivity index is 1.82. The van der Waals surface area contributed by atoms with Crippen LogP contribution in [0.3, 0.4) is 0 Å². The van der Waals surface area contributed by atoms with Gasteiger partial charge in [0.05, 0.1) is 4.70 Å². The average molecular weight is 250 g/mol. The van der Waals surface area contributed by atoms with Crippen LogP contribution in [0.1, 0.15) is 5.56 Å². The van der Waals surface area contributed by atoms with Crippen molar-refractivity contribution in [3.8, 4) is 0 Å². The molecule has 3 rings (SSSR count). The number of piperazine rings is 1. The minimum atomic E-state index is -0.223. The third kappa shape index (κ3) is 2.41. The van der Waals surface area contributed by atoms with E-state index in [9.17, 15) is 4.79 Å². The van der Waals surface area contributed by atoms with Crippen LogP contribution in [0.4, 0.5) is 0 Å². The molecule has 2 heterocycles. The van der Waals surface area contributed by atoms with Crippen molar-refractivity contribution in [1.82, 2.24) is 10.2 Å². The summed E-state index contributed by atoms with van der Waals surface area (Å²) in [7, 11) is 0. The molecule has 1 aliphatic rings. The molecule has 4 nitrogen and oxygen atoms in total. The molecule has 0 bridgehead atoms. The second kappa shape index (κ2) is 4.60. The van der Waals surface area contributed by atoms with Gasteiger partial charge in [0.1, 0.15) is 5.58 Å². The fourth-order valence-corrected chi connectivity index (χ4v) is 2.87. The fraction of sp³-hybridized carbons (Fsp3) is 0.417. The van der Waals surface area contributed by atoms with E-state index in [2.05, 4.69) is 16.3 Å². The van der Waals surface area contributed by atoms with Gasteiger partial charge in [0.25, 0.3) is 0 Å². The predicted octanol–water partition coefficient (Wildman–Crippen LogP) is 1.26. The SMILES string of the molecule is O=c1oc2ccc(CN3CCNCC3)cc2s1. The first kappa shape index (κ1) is 11.0. The van der Waals surface area contributed by atoms with Crippen molar-refractivity contribution in [2.45, 2.75) is 6.54 Å². The van der Waals surface area contributed by atoms with Gasteiger partial charge in [-0.15, -0.1) is 0 Å². The summed E-state index contributed by atoms with van der Waals surface area (Å²) in [6.07, 6.45) is 0. The number of rotatable bonds is 2. The number of hydrogen-bond donors (Lipinski definition) is 1. The first-order valence-electron chi connectivity index (χ1n) is 5.77. The summed E-state index contributed by atoms with van der Waals surface area (Å²) in [6, 6.07) is 6.00. The molecule has 0 unspecified atom stereocenters. The van der Waals surface area contributed by atoms with Gasteiger partial charge in [0.15, 0.2) is 0 Å². The molecule has 1 aromatic heterocycles. The molecule has 5 heteroatoms. The number of nitrogens with zero attached hydrogens (tertiary/aromatic N) is 1. The van der Waals surface area contributed by atoms with E-state index in [0.717, 1.165) is 37.4 Å². The Morgan fingerprint density at radius 2 is 2.18 bits per heavy atom. The van der Waals surface area contributed by atoms with Crippen molar-refractivity contribution in [1.29, 1.82) is 0 Å². The maximum atomic E-state index is 11.1. The molecule has 17 heavy (non-hydrogen) atoms. The van der Waals surface area contributed by atoms with Gasteiger partial charge in [-0.3, -0.25) is 4.90 Å².